The van der Waals surface area contributed by atoms with Crippen molar-refractivity contribution in [2.24, 2.45) is 5.73 Å². The van der Waals surface area contributed by atoms with Crippen molar-refractivity contribution >= 4 is 57.3 Å². The topological polar surface area (TPSA) is 134 Å². The number of aromatic nitrogens is 4. The largest absolute Gasteiger partial charge is 0.494 e. The van der Waals surface area contributed by atoms with E-state index in [0.717, 1.165) is 52.2 Å². The fourth-order valence-electron chi connectivity index (χ4n) is 4.98. The summed E-state index contributed by atoms with van der Waals surface area (Å²) in [7, 11) is -0.372. The first-order valence-corrected chi connectivity index (χ1v) is 20.2. The van der Waals surface area contributed by atoms with Crippen molar-refractivity contribution in [3.05, 3.63) is 124 Å². The van der Waals surface area contributed by atoms with Gasteiger partial charge < -0.3 is 25.1 Å². The van der Waals surface area contributed by atoms with Crippen LogP contribution >= 0.6 is 38.6 Å². The maximum Gasteiger partial charge on any atom is 0.494 e. The third-order valence-electron chi connectivity index (χ3n) is 8.64. The number of nitrogens with one attached hydrogen (secondary N) is 1. The third kappa shape index (κ3) is 12.1. The van der Waals surface area contributed by atoms with Crippen molar-refractivity contribution in [2.75, 3.05) is 0 Å². The molecule has 1 amide bonds. The summed E-state index contributed by atoms with van der Waals surface area (Å²) in [6, 6.07) is 36.1. The van der Waals surface area contributed by atoms with Crippen LogP contribution in [0, 0.1) is 0 Å². The van der Waals surface area contributed by atoms with Crippen molar-refractivity contribution in [1.29, 1.82) is 0 Å². The van der Waals surface area contributed by atoms with Crippen LogP contribution in [-0.2, 0) is 27.1 Å². The summed E-state index contributed by atoms with van der Waals surface area (Å²) in [6.07, 6.45) is -0.419. The van der Waals surface area contributed by atoms with Gasteiger partial charge in [0.2, 0.25) is 0 Å². The van der Waals surface area contributed by atoms with Crippen molar-refractivity contribution in [3.8, 4) is 31.7 Å². The molecule has 10 nitrogen and oxygen atoms in total. The van der Waals surface area contributed by atoms with Crippen LogP contribution in [-0.4, -0.2) is 50.4 Å². The van der Waals surface area contributed by atoms with Crippen LogP contribution in [0.4, 0.5) is 4.79 Å². The van der Waals surface area contributed by atoms with Crippen LogP contribution in [0.3, 0.4) is 0 Å². The van der Waals surface area contributed by atoms with E-state index in [4.69, 9.17) is 19.8 Å². The Bertz CT molecular complexity index is 2090. The molecule has 3 heterocycles. The van der Waals surface area contributed by atoms with E-state index in [1.165, 1.54) is 11.3 Å². The van der Waals surface area contributed by atoms with E-state index in [0.29, 0.717) is 13.1 Å². The summed E-state index contributed by atoms with van der Waals surface area (Å²) >= 11 is 6.41. The number of halogens is 1. The molecule has 286 valence electrons. The van der Waals surface area contributed by atoms with E-state index in [-0.39, 0.29) is 18.3 Å². The lowest BCUT2D eigenvalue weighted by Gasteiger charge is -2.32. The summed E-state index contributed by atoms with van der Waals surface area (Å²) in [4.78, 5) is 11.7. The Morgan fingerprint density at radius 1 is 0.709 bits per heavy atom. The molecule has 0 unspecified atom stereocenters. The number of hydrogen-bond donors (Lipinski definition) is 2. The van der Waals surface area contributed by atoms with Crippen molar-refractivity contribution in [2.45, 2.75) is 78.4 Å². The quantitative estimate of drug-likeness (QED) is 0.151. The van der Waals surface area contributed by atoms with Crippen molar-refractivity contribution in [3.63, 3.8) is 0 Å². The zero-order chi connectivity index (χ0) is 39.6. The molecule has 0 radical (unpaired) electrons. The average molecular weight is 842 g/mol. The normalized spacial score (nSPS) is 14.2. The average Bonchev–Trinajstić information content (AvgIpc) is 3.89. The second kappa shape index (κ2) is 18.6. The van der Waals surface area contributed by atoms with Crippen LogP contribution in [0.5, 0.6) is 0 Å². The van der Waals surface area contributed by atoms with Gasteiger partial charge in [-0.05, 0) is 81.0 Å². The first kappa shape index (κ1) is 41.8. The van der Waals surface area contributed by atoms with Gasteiger partial charge in [0.15, 0.2) is 3.92 Å². The van der Waals surface area contributed by atoms with Crippen molar-refractivity contribution < 1.29 is 18.8 Å². The minimum Gasteiger partial charge on any atom is -0.444 e. The number of benzene rings is 4. The highest BCUT2D eigenvalue weighted by molar-refractivity contribution is 9.11. The highest BCUT2D eigenvalue weighted by Gasteiger charge is 2.51. The lowest BCUT2D eigenvalue weighted by molar-refractivity contribution is 0.00578. The van der Waals surface area contributed by atoms with Crippen LogP contribution in [0.25, 0.3) is 31.7 Å². The molecule has 2 aromatic heterocycles. The summed E-state index contributed by atoms with van der Waals surface area (Å²) in [5, 5.41) is 22.0. The highest BCUT2D eigenvalue weighted by atomic mass is 79.9. The molecule has 3 N–H and O–H groups in total. The second-order valence-electron chi connectivity index (χ2n) is 14.6. The molecule has 4 aromatic carbocycles. The number of amides is 1. The third-order valence-corrected chi connectivity index (χ3v) is 11.1. The number of hydrogen-bond acceptors (Lipinski definition) is 11. The molecular formula is C41H46BBrN6O4S2. The SMILES string of the molecule is Brc1nnc(-c2ccccc2)s1.CC(C)(C)OC(=O)NCc1ccc(B2OC(C)(C)C(C)(C)O2)cc1.NCc1ccc(-c2nnc(-c3ccccc3)s2)cc1. The predicted molar refractivity (Wildman–Crippen MR) is 227 cm³/mol. The van der Waals surface area contributed by atoms with E-state index >= 15 is 0 Å². The Labute approximate surface area is 340 Å². The number of rotatable bonds is 7. The van der Waals surface area contributed by atoms with Gasteiger partial charge in [0, 0.05) is 29.8 Å². The number of carbonyl (C=O) groups excluding carboxylic acids is 1. The molecule has 1 saturated heterocycles. The zero-order valence-electron chi connectivity index (χ0n) is 32.1. The monoisotopic (exact) mass is 840 g/mol. The van der Waals surface area contributed by atoms with E-state index in [1.54, 1.807) is 11.3 Å². The van der Waals surface area contributed by atoms with Gasteiger partial charge in [-0.1, -0.05) is 132 Å². The lowest BCUT2D eigenvalue weighted by Crippen LogP contribution is -2.41. The number of nitrogens with zero attached hydrogens (tertiary/aromatic N) is 4. The second-order valence-corrected chi connectivity index (χ2v) is 17.8. The van der Waals surface area contributed by atoms with Gasteiger partial charge >= 0.3 is 13.2 Å². The molecule has 0 atom stereocenters. The fourth-order valence-corrected chi connectivity index (χ4v) is 6.95. The van der Waals surface area contributed by atoms with Crippen LogP contribution < -0.4 is 16.5 Å². The van der Waals surface area contributed by atoms with Gasteiger partial charge in [-0.25, -0.2) is 4.79 Å². The highest BCUT2D eigenvalue weighted by Crippen LogP contribution is 2.36. The molecule has 1 aliphatic heterocycles. The summed E-state index contributed by atoms with van der Waals surface area (Å²) < 4.78 is 18.1. The summed E-state index contributed by atoms with van der Waals surface area (Å²) in [5.74, 6) is 0. The summed E-state index contributed by atoms with van der Waals surface area (Å²) in [6.45, 7) is 14.6. The Hall–Kier alpha value is -4.31. The number of ether oxygens (including phenoxy) is 1. The Balaban J connectivity index is 0.000000166. The van der Waals surface area contributed by atoms with Gasteiger partial charge in [-0.15, -0.1) is 20.4 Å². The molecule has 0 saturated carbocycles. The van der Waals surface area contributed by atoms with Gasteiger partial charge in [0.25, 0.3) is 0 Å². The number of carbonyl (C=O) groups is 1. The Kier molecular flexibility index (Phi) is 14.1. The van der Waals surface area contributed by atoms with E-state index in [1.807, 2.05) is 158 Å². The molecule has 0 spiro atoms. The van der Waals surface area contributed by atoms with E-state index < -0.39 is 11.7 Å². The smallest absolute Gasteiger partial charge is 0.444 e. The minimum atomic E-state index is -0.495. The maximum absolute atomic E-state index is 11.7. The Morgan fingerprint density at radius 3 is 1.62 bits per heavy atom. The number of alkyl carbamates (subject to hydrolysis) is 1. The van der Waals surface area contributed by atoms with Gasteiger partial charge in [0.1, 0.15) is 20.6 Å². The molecule has 55 heavy (non-hydrogen) atoms. The van der Waals surface area contributed by atoms with Crippen molar-refractivity contribution in [1.82, 2.24) is 25.7 Å². The van der Waals surface area contributed by atoms with Crippen LogP contribution in [0.2, 0.25) is 0 Å². The first-order valence-electron chi connectivity index (χ1n) is 17.8. The van der Waals surface area contributed by atoms with Gasteiger partial charge in [-0.3, -0.25) is 0 Å². The molecule has 0 aliphatic carbocycles. The lowest BCUT2D eigenvalue weighted by atomic mass is 9.79. The Morgan fingerprint density at radius 2 is 1.16 bits per heavy atom. The molecule has 1 fully saturated rings. The summed E-state index contributed by atoms with van der Waals surface area (Å²) in [5.41, 5.74) is 10.8. The predicted octanol–water partition coefficient (Wildman–Crippen LogP) is 9.31. The fraction of sp³-hybridized carbons (Fsp3) is 0.293. The maximum atomic E-state index is 11.7. The zero-order valence-corrected chi connectivity index (χ0v) is 35.3. The van der Waals surface area contributed by atoms with Gasteiger partial charge in [0.05, 0.1) is 11.2 Å². The molecule has 0 bridgehead atoms. The first-order chi connectivity index (χ1) is 26.1. The standard InChI is InChI=1S/C18H28BNO4.C15H13N3S.C8H5BrN2S/c1-16(2,3)22-15(21)20-12-13-8-10-14(11-9-13)19-23-17(4,5)18(6,7)24-19;16-10-11-6-8-13(9-7-11)15-18-17-14(19-15)12-4-2-1-3-5-12;9-8-11-10-7(12-8)6-4-2-1-3-5-6/h8-11H,12H2,1-7H3,(H,20,21);1-9H,10,16H2;1-5H. The van der Waals surface area contributed by atoms with Gasteiger partial charge in [-0.2, -0.15) is 0 Å². The number of nitrogens with two attached hydrogens (primary N) is 1. The van der Waals surface area contributed by atoms with Crippen LogP contribution in [0.1, 0.15) is 59.6 Å². The van der Waals surface area contributed by atoms with Crippen LogP contribution in [0.15, 0.2) is 113 Å². The molecule has 7 rings (SSSR count). The molecule has 1 aliphatic rings. The minimum absolute atomic E-state index is 0.353. The molecule has 14 heteroatoms. The molecule has 6 aromatic rings. The van der Waals surface area contributed by atoms with E-state index in [9.17, 15) is 4.79 Å². The molecular weight excluding hydrogens is 795 g/mol. The van der Waals surface area contributed by atoms with E-state index in [2.05, 4.69) is 41.6 Å².